The van der Waals surface area contributed by atoms with Crippen molar-refractivity contribution in [2.75, 3.05) is 4.72 Å². The van der Waals surface area contributed by atoms with E-state index in [1.165, 1.54) is 18.2 Å². The largest absolute Gasteiger partial charge is 0.478 e. The molecule has 2 rings (SSSR count). The van der Waals surface area contributed by atoms with Crippen molar-refractivity contribution >= 4 is 21.7 Å². The van der Waals surface area contributed by atoms with Gasteiger partial charge in [0.05, 0.1) is 10.5 Å². The van der Waals surface area contributed by atoms with Gasteiger partial charge in [-0.15, -0.1) is 0 Å². The van der Waals surface area contributed by atoms with E-state index in [-0.39, 0.29) is 10.5 Å². The number of carboxylic acid groups (broad SMARTS) is 1. The highest BCUT2D eigenvalue weighted by Gasteiger charge is 2.16. The van der Waals surface area contributed by atoms with Gasteiger partial charge in [0.25, 0.3) is 10.0 Å². The Kier molecular flexibility index (Phi) is 4.51. The lowest BCUT2D eigenvalue weighted by Crippen LogP contribution is -2.13. The fourth-order valence-electron chi connectivity index (χ4n) is 1.95. The van der Waals surface area contributed by atoms with Crippen LogP contribution in [0.5, 0.6) is 0 Å². The van der Waals surface area contributed by atoms with Gasteiger partial charge in [0.1, 0.15) is 0 Å². The smallest absolute Gasteiger partial charge is 0.335 e. The standard InChI is InChI=1S/C16H17NO4S/c1-11(2)12-6-8-14(9-7-12)17-22(20,21)15-5-3-4-13(10-15)16(18)19/h3-11,17H,1-2H3,(H,18,19). The van der Waals surface area contributed by atoms with Crippen LogP contribution in [0.15, 0.2) is 53.4 Å². The van der Waals surface area contributed by atoms with Crippen molar-refractivity contribution < 1.29 is 18.3 Å². The summed E-state index contributed by atoms with van der Waals surface area (Å²) in [6, 6.07) is 12.3. The number of rotatable bonds is 5. The molecule has 0 aliphatic rings. The summed E-state index contributed by atoms with van der Waals surface area (Å²) in [5, 5.41) is 8.93. The quantitative estimate of drug-likeness (QED) is 0.885. The topological polar surface area (TPSA) is 83.5 Å². The van der Waals surface area contributed by atoms with Gasteiger partial charge >= 0.3 is 5.97 Å². The molecule has 0 saturated heterocycles. The van der Waals surface area contributed by atoms with Crippen LogP contribution in [-0.2, 0) is 10.0 Å². The van der Waals surface area contributed by atoms with E-state index in [0.717, 1.165) is 11.6 Å². The lowest BCUT2D eigenvalue weighted by atomic mass is 10.0. The number of hydrogen-bond donors (Lipinski definition) is 2. The van der Waals surface area contributed by atoms with E-state index in [2.05, 4.69) is 18.6 Å². The van der Waals surface area contributed by atoms with Gasteiger partial charge in [-0.25, -0.2) is 13.2 Å². The second-order valence-corrected chi connectivity index (χ2v) is 6.90. The molecule has 0 saturated carbocycles. The van der Waals surface area contributed by atoms with Crippen LogP contribution in [0.4, 0.5) is 5.69 Å². The zero-order valence-corrected chi connectivity index (χ0v) is 13.1. The molecule has 0 amide bonds. The molecule has 0 aliphatic carbocycles. The Morgan fingerprint density at radius 2 is 1.73 bits per heavy atom. The Hall–Kier alpha value is -2.34. The van der Waals surface area contributed by atoms with Gasteiger partial charge in [0.15, 0.2) is 0 Å². The summed E-state index contributed by atoms with van der Waals surface area (Å²) in [5.41, 5.74) is 1.47. The van der Waals surface area contributed by atoms with Gasteiger partial charge < -0.3 is 5.11 Å². The average Bonchev–Trinajstić information content (AvgIpc) is 2.47. The van der Waals surface area contributed by atoms with Gasteiger partial charge in [-0.1, -0.05) is 32.0 Å². The number of hydrogen-bond acceptors (Lipinski definition) is 3. The highest BCUT2D eigenvalue weighted by atomic mass is 32.2. The SMILES string of the molecule is CC(C)c1ccc(NS(=O)(=O)c2cccc(C(=O)O)c2)cc1. The molecule has 2 N–H and O–H groups in total. The highest BCUT2D eigenvalue weighted by molar-refractivity contribution is 7.92. The number of sulfonamides is 1. The van der Waals surface area contributed by atoms with Crippen molar-refractivity contribution in [3.63, 3.8) is 0 Å². The first-order valence-electron chi connectivity index (χ1n) is 6.76. The van der Waals surface area contributed by atoms with Gasteiger partial charge in [0.2, 0.25) is 0 Å². The summed E-state index contributed by atoms with van der Waals surface area (Å²) in [7, 11) is -3.82. The molecule has 22 heavy (non-hydrogen) atoms. The summed E-state index contributed by atoms with van der Waals surface area (Å²) >= 11 is 0. The molecule has 0 atom stereocenters. The summed E-state index contributed by atoms with van der Waals surface area (Å²) in [4.78, 5) is 10.8. The predicted octanol–water partition coefficient (Wildman–Crippen LogP) is 3.31. The molecule has 0 spiro atoms. The minimum Gasteiger partial charge on any atom is -0.478 e. The lowest BCUT2D eigenvalue weighted by molar-refractivity contribution is 0.0696. The maximum Gasteiger partial charge on any atom is 0.335 e. The molecule has 6 heteroatoms. The molecule has 0 fully saturated rings. The summed E-state index contributed by atoms with van der Waals surface area (Å²) in [6.45, 7) is 4.10. The molecule has 0 aliphatic heterocycles. The van der Waals surface area contributed by atoms with E-state index in [1.54, 1.807) is 12.1 Å². The van der Waals surface area contributed by atoms with Crippen LogP contribution in [0.2, 0.25) is 0 Å². The number of anilines is 1. The molecule has 0 unspecified atom stereocenters. The Morgan fingerprint density at radius 3 is 2.27 bits per heavy atom. The van der Waals surface area contributed by atoms with Crippen molar-refractivity contribution in [1.29, 1.82) is 0 Å². The van der Waals surface area contributed by atoms with Crippen molar-refractivity contribution in [2.45, 2.75) is 24.7 Å². The molecule has 0 aromatic heterocycles. The molecule has 0 radical (unpaired) electrons. The normalized spacial score (nSPS) is 11.4. The van der Waals surface area contributed by atoms with Gasteiger partial charge in [0, 0.05) is 5.69 Å². The number of carbonyl (C=O) groups is 1. The molecule has 2 aromatic carbocycles. The fourth-order valence-corrected chi connectivity index (χ4v) is 3.05. The molecular weight excluding hydrogens is 302 g/mol. The lowest BCUT2D eigenvalue weighted by Gasteiger charge is -2.10. The fraction of sp³-hybridized carbons (Fsp3) is 0.188. The number of nitrogens with one attached hydrogen (secondary N) is 1. The Labute approximate surface area is 129 Å². The first-order valence-corrected chi connectivity index (χ1v) is 8.24. The second kappa shape index (κ2) is 6.19. The maximum atomic E-state index is 12.3. The Bertz CT molecular complexity index is 780. The summed E-state index contributed by atoms with van der Waals surface area (Å²) in [5.74, 6) is -0.809. The van der Waals surface area contributed by atoms with Crippen molar-refractivity contribution in [1.82, 2.24) is 0 Å². The molecule has 0 heterocycles. The summed E-state index contributed by atoms with van der Waals surface area (Å²) in [6.07, 6.45) is 0. The van der Waals surface area contributed by atoms with Gasteiger partial charge in [-0.2, -0.15) is 0 Å². The molecule has 0 bridgehead atoms. The third-order valence-corrected chi connectivity index (χ3v) is 4.60. The van der Waals surface area contributed by atoms with Crippen LogP contribution >= 0.6 is 0 Å². The molecule has 2 aromatic rings. The molecule has 5 nitrogen and oxygen atoms in total. The molecule has 116 valence electrons. The van der Waals surface area contributed by atoms with Crippen molar-refractivity contribution in [3.8, 4) is 0 Å². The number of carboxylic acids is 1. The van der Waals surface area contributed by atoms with Crippen LogP contribution in [0.25, 0.3) is 0 Å². The van der Waals surface area contributed by atoms with E-state index in [4.69, 9.17) is 5.11 Å². The Balaban J connectivity index is 2.27. The van der Waals surface area contributed by atoms with Crippen LogP contribution in [0.3, 0.4) is 0 Å². The van der Waals surface area contributed by atoms with Crippen LogP contribution in [-0.4, -0.2) is 19.5 Å². The van der Waals surface area contributed by atoms with Crippen LogP contribution < -0.4 is 4.72 Å². The number of benzene rings is 2. The monoisotopic (exact) mass is 319 g/mol. The minimum atomic E-state index is -3.82. The van der Waals surface area contributed by atoms with E-state index in [9.17, 15) is 13.2 Å². The van der Waals surface area contributed by atoms with Gasteiger partial charge in [-0.3, -0.25) is 4.72 Å². The third-order valence-electron chi connectivity index (χ3n) is 3.22. The average molecular weight is 319 g/mol. The predicted molar refractivity (Wildman–Crippen MR) is 84.7 cm³/mol. The van der Waals surface area contributed by atoms with E-state index in [0.29, 0.717) is 11.6 Å². The van der Waals surface area contributed by atoms with Crippen LogP contribution in [0.1, 0.15) is 35.7 Å². The maximum absolute atomic E-state index is 12.3. The first-order chi connectivity index (χ1) is 10.3. The van der Waals surface area contributed by atoms with Crippen LogP contribution in [0, 0.1) is 0 Å². The number of aromatic carboxylic acids is 1. The van der Waals surface area contributed by atoms with E-state index >= 15 is 0 Å². The van der Waals surface area contributed by atoms with E-state index in [1.807, 2.05) is 12.1 Å². The zero-order valence-electron chi connectivity index (χ0n) is 12.3. The highest BCUT2D eigenvalue weighted by Crippen LogP contribution is 2.20. The minimum absolute atomic E-state index is 0.0713. The summed E-state index contributed by atoms with van der Waals surface area (Å²) < 4.78 is 27.0. The first kappa shape index (κ1) is 16.0. The zero-order chi connectivity index (χ0) is 16.3. The third kappa shape index (κ3) is 3.65. The second-order valence-electron chi connectivity index (χ2n) is 5.22. The Morgan fingerprint density at radius 1 is 1.09 bits per heavy atom. The van der Waals surface area contributed by atoms with Crippen molar-refractivity contribution in [2.24, 2.45) is 0 Å². The van der Waals surface area contributed by atoms with Gasteiger partial charge in [-0.05, 0) is 41.8 Å². The van der Waals surface area contributed by atoms with Crippen molar-refractivity contribution in [3.05, 3.63) is 59.7 Å². The molecular formula is C16H17NO4S. The van der Waals surface area contributed by atoms with E-state index < -0.39 is 16.0 Å².